The van der Waals surface area contributed by atoms with E-state index >= 15 is 0 Å². The van der Waals surface area contributed by atoms with Gasteiger partial charge in [0, 0.05) is 28.8 Å². The average molecular weight is 492 g/mol. The van der Waals surface area contributed by atoms with Crippen molar-refractivity contribution < 1.29 is 22.6 Å². The minimum absolute atomic E-state index is 0.148. The van der Waals surface area contributed by atoms with E-state index < -0.39 is 10.0 Å². The summed E-state index contributed by atoms with van der Waals surface area (Å²) < 4.78 is 42.8. The number of aromatic nitrogens is 2. The molecule has 1 aromatic heterocycles. The van der Waals surface area contributed by atoms with E-state index in [4.69, 9.17) is 14.2 Å². The second-order valence-corrected chi connectivity index (χ2v) is 9.26. The topological polar surface area (TPSA) is 124 Å². The molecule has 10 nitrogen and oxygen atoms in total. The van der Waals surface area contributed by atoms with E-state index in [9.17, 15) is 8.42 Å². The Morgan fingerprint density at radius 1 is 0.879 bits per heavy atom. The first-order chi connectivity index (χ1) is 15.8. The summed E-state index contributed by atoms with van der Waals surface area (Å²) in [6.07, 6.45) is 3.31. The van der Waals surface area contributed by atoms with Crippen LogP contribution in [0.3, 0.4) is 0 Å². The van der Waals surface area contributed by atoms with Crippen molar-refractivity contribution in [2.45, 2.75) is 9.79 Å². The highest BCUT2D eigenvalue weighted by atomic mass is 32.2. The van der Waals surface area contributed by atoms with Crippen LogP contribution in [0, 0.1) is 0 Å². The predicted molar refractivity (Wildman–Crippen MR) is 129 cm³/mol. The number of rotatable bonds is 10. The molecular weight excluding hydrogens is 466 g/mol. The van der Waals surface area contributed by atoms with E-state index in [1.165, 1.54) is 32.2 Å². The molecule has 3 aromatic rings. The molecule has 0 aliphatic carbocycles. The number of nitrogens with zero attached hydrogens (tertiary/aromatic N) is 2. The molecule has 3 N–H and O–H groups in total. The number of ether oxygens (including phenoxy) is 3. The molecule has 0 radical (unpaired) electrons. The summed E-state index contributed by atoms with van der Waals surface area (Å²) in [5.41, 5.74) is 1.28. The molecule has 0 aliphatic heterocycles. The third-order valence-corrected chi connectivity index (χ3v) is 6.82. The van der Waals surface area contributed by atoms with Crippen LogP contribution >= 0.6 is 11.8 Å². The largest absolute Gasteiger partial charge is 0.493 e. The smallest absolute Gasteiger partial charge is 0.240 e. The van der Waals surface area contributed by atoms with Crippen LogP contribution < -0.4 is 29.6 Å². The van der Waals surface area contributed by atoms with Gasteiger partial charge in [0.15, 0.2) is 11.5 Å². The fourth-order valence-electron chi connectivity index (χ4n) is 3.00. The lowest BCUT2D eigenvalue weighted by Gasteiger charge is -2.15. The number of hydrogen-bond acceptors (Lipinski definition) is 10. The van der Waals surface area contributed by atoms with Gasteiger partial charge in [-0.2, -0.15) is 0 Å². The molecular formula is C21H25N5O5S2. The van der Waals surface area contributed by atoms with Crippen molar-refractivity contribution >= 4 is 44.8 Å². The lowest BCUT2D eigenvalue weighted by Crippen LogP contribution is -2.18. The summed E-state index contributed by atoms with van der Waals surface area (Å²) in [5, 5.41) is 6.36. The zero-order valence-electron chi connectivity index (χ0n) is 18.8. The zero-order valence-corrected chi connectivity index (χ0v) is 20.4. The van der Waals surface area contributed by atoms with Gasteiger partial charge in [0.25, 0.3) is 0 Å². The maximum Gasteiger partial charge on any atom is 0.240 e. The van der Waals surface area contributed by atoms with Crippen molar-refractivity contribution in [1.82, 2.24) is 14.7 Å². The Labute approximate surface area is 197 Å². The van der Waals surface area contributed by atoms with Crippen LogP contribution in [0.5, 0.6) is 17.2 Å². The van der Waals surface area contributed by atoms with Crippen molar-refractivity contribution in [3.8, 4) is 17.2 Å². The van der Waals surface area contributed by atoms with Crippen LogP contribution in [0.25, 0.3) is 0 Å². The number of methoxy groups -OCH3 is 3. The molecule has 0 saturated carbocycles. The summed E-state index contributed by atoms with van der Waals surface area (Å²) in [4.78, 5) is 9.52. The SMILES string of the molecule is CNS(=O)(=O)c1ccc(SC)c(Nc2cc(Nc3cc(OC)c(OC)c(OC)c3)ncn2)c1. The van der Waals surface area contributed by atoms with Crippen molar-refractivity contribution in [1.29, 1.82) is 0 Å². The molecule has 0 fully saturated rings. The molecule has 0 amide bonds. The Balaban J connectivity index is 1.91. The predicted octanol–water partition coefficient (Wildman–Crippen LogP) is 3.62. The second-order valence-electron chi connectivity index (χ2n) is 6.52. The van der Waals surface area contributed by atoms with E-state index in [0.717, 1.165) is 4.90 Å². The molecule has 0 atom stereocenters. The molecule has 3 rings (SSSR count). The van der Waals surface area contributed by atoms with Crippen molar-refractivity contribution in [2.75, 3.05) is 45.3 Å². The van der Waals surface area contributed by atoms with Crippen molar-refractivity contribution in [3.05, 3.63) is 42.7 Å². The van der Waals surface area contributed by atoms with Gasteiger partial charge in [0.05, 0.1) is 31.9 Å². The first-order valence-electron chi connectivity index (χ1n) is 9.62. The van der Waals surface area contributed by atoms with E-state index in [1.54, 1.807) is 50.6 Å². The molecule has 176 valence electrons. The first-order valence-corrected chi connectivity index (χ1v) is 12.3. The minimum Gasteiger partial charge on any atom is -0.493 e. The summed E-state index contributed by atoms with van der Waals surface area (Å²) >= 11 is 1.48. The molecule has 0 saturated heterocycles. The molecule has 0 spiro atoms. The fourth-order valence-corrected chi connectivity index (χ4v) is 4.29. The maximum atomic E-state index is 12.2. The van der Waals surface area contributed by atoms with Gasteiger partial charge in [-0.1, -0.05) is 0 Å². The Hall–Kier alpha value is -3.22. The second kappa shape index (κ2) is 10.6. The molecule has 1 heterocycles. The van der Waals surface area contributed by atoms with Gasteiger partial charge in [-0.25, -0.2) is 23.1 Å². The number of sulfonamides is 1. The van der Waals surface area contributed by atoms with Crippen LogP contribution in [0.4, 0.5) is 23.0 Å². The summed E-state index contributed by atoms with van der Waals surface area (Å²) in [7, 11) is 2.41. The van der Waals surface area contributed by atoms with Gasteiger partial charge in [0.2, 0.25) is 15.8 Å². The Bertz CT molecular complexity index is 1210. The average Bonchev–Trinajstić information content (AvgIpc) is 2.83. The molecule has 33 heavy (non-hydrogen) atoms. The molecule has 0 aliphatic rings. The molecule has 0 bridgehead atoms. The lowest BCUT2D eigenvalue weighted by atomic mass is 10.2. The monoisotopic (exact) mass is 491 g/mol. The Morgan fingerprint density at radius 3 is 2.06 bits per heavy atom. The minimum atomic E-state index is -3.58. The number of benzene rings is 2. The maximum absolute atomic E-state index is 12.2. The van der Waals surface area contributed by atoms with E-state index in [-0.39, 0.29) is 4.90 Å². The highest BCUT2D eigenvalue weighted by Crippen LogP contribution is 2.40. The summed E-state index contributed by atoms with van der Waals surface area (Å²) in [6, 6.07) is 10.1. The van der Waals surface area contributed by atoms with Gasteiger partial charge in [-0.15, -0.1) is 11.8 Å². The molecule has 2 aromatic carbocycles. The third-order valence-electron chi connectivity index (χ3n) is 4.62. The lowest BCUT2D eigenvalue weighted by molar-refractivity contribution is 0.324. The van der Waals surface area contributed by atoms with Crippen LogP contribution in [0.2, 0.25) is 0 Å². The summed E-state index contributed by atoms with van der Waals surface area (Å²) in [6.45, 7) is 0. The molecule has 12 heteroatoms. The van der Waals surface area contributed by atoms with Gasteiger partial charge in [-0.05, 0) is 31.5 Å². The van der Waals surface area contributed by atoms with Crippen LogP contribution in [0.1, 0.15) is 0 Å². The van der Waals surface area contributed by atoms with Gasteiger partial charge >= 0.3 is 0 Å². The zero-order chi connectivity index (χ0) is 24.0. The third kappa shape index (κ3) is 5.59. The highest BCUT2D eigenvalue weighted by Gasteiger charge is 2.16. The van der Waals surface area contributed by atoms with Crippen LogP contribution in [-0.4, -0.2) is 53.0 Å². The van der Waals surface area contributed by atoms with E-state index in [1.807, 2.05) is 6.26 Å². The standard InChI is InChI=1S/C21H25N5O5S2/c1-22-33(27,28)14-6-7-18(32-5)15(10-14)26-20-11-19(23-12-24-20)25-13-8-16(29-2)21(31-4)17(9-13)30-3/h6-12,22H,1-5H3,(H2,23,24,25,26). The fraction of sp³-hybridized carbons (Fsp3) is 0.238. The van der Waals surface area contributed by atoms with Crippen LogP contribution in [0.15, 0.2) is 52.5 Å². The van der Waals surface area contributed by atoms with Gasteiger partial charge < -0.3 is 24.8 Å². The van der Waals surface area contributed by atoms with E-state index in [2.05, 4.69) is 25.3 Å². The van der Waals surface area contributed by atoms with Gasteiger partial charge in [0.1, 0.15) is 18.0 Å². The Morgan fingerprint density at radius 2 is 1.52 bits per heavy atom. The number of hydrogen-bond donors (Lipinski definition) is 3. The highest BCUT2D eigenvalue weighted by molar-refractivity contribution is 7.98. The number of thioether (sulfide) groups is 1. The molecule has 0 unspecified atom stereocenters. The summed E-state index contributed by atoms with van der Waals surface area (Å²) in [5.74, 6) is 2.47. The van der Waals surface area contributed by atoms with Crippen molar-refractivity contribution in [3.63, 3.8) is 0 Å². The van der Waals surface area contributed by atoms with Gasteiger partial charge in [-0.3, -0.25) is 0 Å². The van der Waals surface area contributed by atoms with Crippen molar-refractivity contribution in [2.24, 2.45) is 0 Å². The normalized spacial score (nSPS) is 11.1. The number of nitrogens with one attached hydrogen (secondary N) is 3. The van der Waals surface area contributed by atoms with Crippen LogP contribution in [-0.2, 0) is 10.0 Å². The first kappa shape index (κ1) is 24.4. The Kier molecular flexibility index (Phi) is 7.84. The number of anilines is 4. The quantitative estimate of drug-likeness (QED) is 0.362. The van der Waals surface area contributed by atoms with E-state index in [0.29, 0.717) is 40.3 Å².